The van der Waals surface area contributed by atoms with E-state index < -0.39 is 0 Å². The van der Waals surface area contributed by atoms with Crippen molar-refractivity contribution in [2.24, 2.45) is 0 Å². The summed E-state index contributed by atoms with van der Waals surface area (Å²) in [5, 5.41) is 3.07. The van der Waals surface area contributed by atoms with E-state index in [1.807, 2.05) is 12.1 Å². The van der Waals surface area contributed by atoms with E-state index in [9.17, 15) is 4.79 Å². The van der Waals surface area contributed by atoms with Gasteiger partial charge in [0.15, 0.2) is 0 Å². The molecule has 0 saturated carbocycles. The molecule has 0 bridgehead atoms. The van der Waals surface area contributed by atoms with Crippen molar-refractivity contribution in [1.82, 2.24) is 9.80 Å². The van der Waals surface area contributed by atoms with Gasteiger partial charge >= 0.3 is 0 Å². The van der Waals surface area contributed by atoms with E-state index in [1.165, 1.54) is 28.8 Å². The van der Waals surface area contributed by atoms with Crippen LogP contribution in [0.5, 0.6) is 0 Å². The summed E-state index contributed by atoms with van der Waals surface area (Å²) in [6.07, 6.45) is 3.54. The second kappa shape index (κ2) is 8.09. The van der Waals surface area contributed by atoms with Gasteiger partial charge in [-0.2, -0.15) is 0 Å². The van der Waals surface area contributed by atoms with Gasteiger partial charge in [0.1, 0.15) is 0 Å². The molecule has 138 valence electrons. The molecule has 1 aromatic heterocycles. The van der Waals surface area contributed by atoms with Gasteiger partial charge in [0.2, 0.25) is 5.91 Å². The number of hydrogen-bond acceptors (Lipinski definition) is 4. The van der Waals surface area contributed by atoms with Gasteiger partial charge in [-0.05, 0) is 54.7 Å². The van der Waals surface area contributed by atoms with Crippen LogP contribution < -0.4 is 5.32 Å². The molecule has 1 fully saturated rings. The minimum Gasteiger partial charge on any atom is -0.325 e. The lowest BCUT2D eigenvalue weighted by Gasteiger charge is -2.34. The molecule has 1 saturated heterocycles. The summed E-state index contributed by atoms with van der Waals surface area (Å²) in [6.45, 7) is 5.25. The second-order valence-corrected chi connectivity index (χ2v) is 8.94. The van der Waals surface area contributed by atoms with E-state index in [4.69, 9.17) is 11.6 Å². The third-order valence-electron chi connectivity index (χ3n) is 5.22. The normalized spacial score (nSPS) is 18.0. The first-order chi connectivity index (χ1) is 12.7. The van der Waals surface area contributed by atoms with Crippen molar-refractivity contribution >= 4 is 34.5 Å². The predicted octanol–water partition coefficient (Wildman–Crippen LogP) is 3.65. The maximum atomic E-state index is 12.4. The highest BCUT2D eigenvalue weighted by Crippen LogP contribution is 2.25. The van der Waals surface area contributed by atoms with Crippen LogP contribution in [0.25, 0.3) is 0 Å². The molecular weight excluding hydrogens is 366 g/mol. The number of carbonyl (C=O) groups is 1. The summed E-state index contributed by atoms with van der Waals surface area (Å²) in [7, 11) is 0. The number of nitrogens with zero attached hydrogens (tertiary/aromatic N) is 2. The number of nitrogens with one attached hydrogen (secondary N) is 1. The average molecular weight is 390 g/mol. The number of anilines is 1. The molecule has 2 aromatic rings. The summed E-state index contributed by atoms with van der Waals surface area (Å²) in [4.78, 5) is 18.3. The van der Waals surface area contributed by atoms with Crippen LogP contribution in [-0.2, 0) is 24.2 Å². The largest absolute Gasteiger partial charge is 0.325 e. The quantitative estimate of drug-likeness (QED) is 0.847. The van der Waals surface area contributed by atoms with Gasteiger partial charge in [-0.1, -0.05) is 17.7 Å². The molecular formula is C20H24ClN3OS. The molecule has 1 aliphatic heterocycles. The van der Waals surface area contributed by atoms with Gasteiger partial charge in [0.25, 0.3) is 0 Å². The van der Waals surface area contributed by atoms with Crippen LogP contribution in [0.2, 0.25) is 4.34 Å². The van der Waals surface area contributed by atoms with Crippen LogP contribution in [-0.4, -0.2) is 48.4 Å². The molecule has 1 amide bonds. The maximum Gasteiger partial charge on any atom is 0.238 e. The molecule has 26 heavy (non-hydrogen) atoms. The summed E-state index contributed by atoms with van der Waals surface area (Å²) < 4.78 is 0.849. The van der Waals surface area contributed by atoms with E-state index in [0.717, 1.165) is 49.2 Å². The molecule has 0 atom stereocenters. The zero-order valence-corrected chi connectivity index (χ0v) is 16.4. The minimum atomic E-state index is 0.0847. The smallest absolute Gasteiger partial charge is 0.238 e. The van der Waals surface area contributed by atoms with Crippen molar-refractivity contribution in [1.29, 1.82) is 0 Å². The molecule has 2 heterocycles. The van der Waals surface area contributed by atoms with Crippen LogP contribution in [0.3, 0.4) is 0 Å². The van der Waals surface area contributed by atoms with E-state index >= 15 is 0 Å². The van der Waals surface area contributed by atoms with Crippen molar-refractivity contribution in [2.75, 3.05) is 38.0 Å². The Labute approximate surface area is 163 Å². The lowest BCUT2D eigenvalue weighted by atomic mass is 10.1. The lowest BCUT2D eigenvalue weighted by molar-refractivity contribution is -0.117. The van der Waals surface area contributed by atoms with E-state index in [1.54, 1.807) is 11.3 Å². The Morgan fingerprint density at radius 3 is 2.58 bits per heavy atom. The first-order valence-corrected chi connectivity index (χ1v) is 10.5. The van der Waals surface area contributed by atoms with Crippen LogP contribution in [0, 0.1) is 0 Å². The number of amides is 1. The minimum absolute atomic E-state index is 0.0847. The van der Waals surface area contributed by atoms with Gasteiger partial charge in [0.05, 0.1) is 10.9 Å². The molecule has 0 unspecified atom stereocenters. The van der Waals surface area contributed by atoms with Crippen molar-refractivity contribution in [2.45, 2.75) is 25.8 Å². The Morgan fingerprint density at radius 2 is 1.81 bits per heavy atom. The van der Waals surface area contributed by atoms with Crippen molar-refractivity contribution in [3.8, 4) is 0 Å². The van der Waals surface area contributed by atoms with E-state index in [2.05, 4.69) is 33.3 Å². The number of rotatable bonds is 5. The number of piperazine rings is 1. The molecule has 0 spiro atoms. The summed E-state index contributed by atoms with van der Waals surface area (Å²) in [5.41, 5.74) is 3.76. The fraction of sp³-hybridized carbons (Fsp3) is 0.450. The summed E-state index contributed by atoms with van der Waals surface area (Å²) in [6, 6.07) is 10.4. The highest BCUT2D eigenvalue weighted by molar-refractivity contribution is 7.16. The first kappa shape index (κ1) is 18.0. The topological polar surface area (TPSA) is 35.6 Å². The van der Waals surface area contributed by atoms with Crippen molar-refractivity contribution in [3.05, 3.63) is 50.7 Å². The summed E-state index contributed by atoms with van der Waals surface area (Å²) in [5.74, 6) is 0.0847. The molecule has 1 aromatic carbocycles. The van der Waals surface area contributed by atoms with Crippen LogP contribution in [0.1, 0.15) is 22.4 Å². The Kier molecular flexibility index (Phi) is 5.60. The molecule has 4 nitrogen and oxygen atoms in total. The van der Waals surface area contributed by atoms with Crippen molar-refractivity contribution in [3.63, 3.8) is 0 Å². The highest BCUT2D eigenvalue weighted by Gasteiger charge is 2.20. The lowest BCUT2D eigenvalue weighted by Crippen LogP contribution is -2.48. The molecule has 6 heteroatoms. The average Bonchev–Trinajstić information content (AvgIpc) is 3.25. The first-order valence-electron chi connectivity index (χ1n) is 9.26. The van der Waals surface area contributed by atoms with Crippen LogP contribution >= 0.6 is 22.9 Å². The van der Waals surface area contributed by atoms with Gasteiger partial charge in [-0.25, -0.2) is 0 Å². The Balaban J connectivity index is 1.23. The van der Waals surface area contributed by atoms with Crippen molar-refractivity contribution < 1.29 is 4.79 Å². The Bertz CT molecular complexity index is 783. The molecule has 2 aliphatic rings. The number of thiophene rings is 1. The molecule has 4 rings (SSSR count). The number of fused-ring (bicyclic) bond motifs is 1. The number of aryl methyl sites for hydroxylation is 2. The molecule has 1 N–H and O–H groups in total. The van der Waals surface area contributed by atoms with Gasteiger partial charge in [-0.3, -0.25) is 14.6 Å². The maximum absolute atomic E-state index is 12.4. The van der Waals surface area contributed by atoms with E-state index in [0.29, 0.717) is 6.54 Å². The fourth-order valence-electron chi connectivity index (χ4n) is 3.82. The SMILES string of the molecule is O=C(CN1CCN(Cc2ccc(Cl)s2)CC1)Nc1ccc2c(c1)CCC2. The molecule has 1 aliphatic carbocycles. The second-order valence-electron chi connectivity index (χ2n) is 7.14. The number of carbonyl (C=O) groups excluding carboxylic acids is 1. The number of halogens is 1. The third-order valence-corrected chi connectivity index (χ3v) is 6.44. The fourth-order valence-corrected chi connectivity index (χ4v) is 4.95. The van der Waals surface area contributed by atoms with Gasteiger partial charge in [0, 0.05) is 43.3 Å². The summed E-state index contributed by atoms with van der Waals surface area (Å²) >= 11 is 7.65. The zero-order valence-electron chi connectivity index (χ0n) is 14.8. The third kappa shape index (κ3) is 4.46. The Morgan fingerprint density at radius 1 is 1.04 bits per heavy atom. The van der Waals surface area contributed by atoms with Gasteiger partial charge < -0.3 is 5.32 Å². The number of hydrogen-bond donors (Lipinski definition) is 1. The monoisotopic (exact) mass is 389 g/mol. The van der Waals surface area contributed by atoms with Crippen LogP contribution in [0.15, 0.2) is 30.3 Å². The zero-order chi connectivity index (χ0) is 17.9. The number of benzene rings is 1. The standard InChI is InChI=1S/C20H24ClN3OS/c21-19-7-6-18(26-19)13-23-8-10-24(11-9-23)14-20(25)22-17-5-4-15-2-1-3-16(15)12-17/h4-7,12H,1-3,8-11,13-14H2,(H,22,25). The Hall–Kier alpha value is -1.40. The van der Waals surface area contributed by atoms with Crippen LogP contribution in [0.4, 0.5) is 5.69 Å². The van der Waals surface area contributed by atoms with E-state index in [-0.39, 0.29) is 5.91 Å². The highest BCUT2D eigenvalue weighted by atomic mass is 35.5. The predicted molar refractivity (Wildman–Crippen MR) is 108 cm³/mol. The molecule has 0 radical (unpaired) electrons. The van der Waals surface area contributed by atoms with Gasteiger partial charge in [-0.15, -0.1) is 11.3 Å².